The van der Waals surface area contributed by atoms with Crippen LogP contribution in [0.25, 0.3) is 0 Å². The van der Waals surface area contributed by atoms with E-state index in [1.165, 1.54) is 0 Å². The Morgan fingerprint density at radius 1 is 1.37 bits per heavy atom. The quantitative estimate of drug-likeness (QED) is 0.694. The highest BCUT2D eigenvalue weighted by Gasteiger charge is 2.37. The van der Waals surface area contributed by atoms with E-state index in [0.717, 1.165) is 32.6 Å². The van der Waals surface area contributed by atoms with E-state index < -0.39 is 0 Å². The molecule has 0 aromatic rings. The summed E-state index contributed by atoms with van der Waals surface area (Å²) < 4.78 is 5.19. The average molecular weight is 269 g/mol. The summed E-state index contributed by atoms with van der Waals surface area (Å²) in [5.74, 6) is -0.0190. The molecule has 0 spiro atoms. The van der Waals surface area contributed by atoms with Gasteiger partial charge in [0.15, 0.2) is 0 Å². The second-order valence-corrected chi connectivity index (χ2v) is 5.26. The number of esters is 1. The predicted octanol–water partition coefficient (Wildman–Crippen LogP) is -0.556. The highest BCUT2D eigenvalue weighted by molar-refractivity contribution is 5.78. The summed E-state index contributed by atoms with van der Waals surface area (Å²) in [5.41, 5.74) is 0. The number of nitrogens with zero attached hydrogens (tertiary/aromatic N) is 2. The third-order valence-corrected chi connectivity index (χ3v) is 3.73. The van der Waals surface area contributed by atoms with Gasteiger partial charge in [-0.25, -0.2) is 0 Å². The Morgan fingerprint density at radius 3 is 2.58 bits per heavy atom. The summed E-state index contributed by atoms with van der Waals surface area (Å²) in [6.45, 7) is 8.28. The summed E-state index contributed by atoms with van der Waals surface area (Å²) in [4.78, 5) is 27.5. The third kappa shape index (κ3) is 3.67. The van der Waals surface area contributed by atoms with Crippen molar-refractivity contribution in [3.63, 3.8) is 0 Å². The minimum Gasteiger partial charge on any atom is -0.461 e. The first-order valence-electron chi connectivity index (χ1n) is 7.03. The topological polar surface area (TPSA) is 61.9 Å². The number of carbonyl (C=O) groups is 2. The first-order valence-corrected chi connectivity index (χ1v) is 7.03. The van der Waals surface area contributed by atoms with Crippen LogP contribution in [0, 0.1) is 0 Å². The Hall–Kier alpha value is -1.14. The Bertz CT molecular complexity index is 340. The molecule has 2 atom stereocenters. The van der Waals surface area contributed by atoms with E-state index in [0.29, 0.717) is 13.1 Å². The predicted molar refractivity (Wildman–Crippen MR) is 70.7 cm³/mol. The van der Waals surface area contributed by atoms with Crippen molar-refractivity contribution in [2.75, 3.05) is 39.3 Å². The van der Waals surface area contributed by atoms with E-state index in [9.17, 15) is 9.59 Å². The molecule has 2 aliphatic heterocycles. The molecule has 0 aromatic carbocycles. The largest absolute Gasteiger partial charge is 0.461 e. The lowest BCUT2D eigenvalue weighted by Gasteiger charge is -2.36. The minimum atomic E-state index is -0.0929. The molecule has 2 aliphatic rings. The number of nitrogens with one attached hydrogen (secondary N) is 1. The van der Waals surface area contributed by atoms with Gasteiger partial charge in [0.25, 0.3) is 0 Å². The maximum Gasteiger partial charge on any atom is 0.323 e. The van der Waals surface area contributed by atoms with Gasteiger partial charge < -0.3 is 10.1 Å². The summed E-state index contributed by atoms with van der Waals surface area (Å²) in [6.07, 6.45) is 0.820. The molecular weight excluding hydrogens is 246 g/mol. The highest BCUT2D eigenvalue weighted by atomic mass is 16.6. The number of piperazine rings is 1. The zero-order chi connectivity index (χ0) is 13.8. The number of hydrogen-bond acceptors (Lipinski definition) is 5. The molecule has 0 aliphatic carbocycles. The maximum atomic E-state index is 11.7. The molecule has 1 amide bonds. The Morgan fingerprint density at radius 2 is 2.05 bits per heavy atom. The zero-order valence-electron chi connectivity index (χ0n) is 11.7. The van der Waals surface area contributed by atoms with E-state index in [2.05, 4.69) is 15.1 Å². The molecule has 2 rings (SSSR count). The van der Waals surface area contributed by atoms with Gasteiger partial charge in [-0.1, -0.05) is 0 Å². The Labute approximate surface area is 114 Å². The van der Waals surface area contributed by atoms with Crippen LogP contribution in [0.3, 0.4) is 0 Å². The fourth-order valence-corrected chi connectivity index (χ4v) is 2.72. The lowest BCUT2D eigenvalue weighted by molar-refractivity contribution is -0.145. The Kier molecular flexibility index (Phi) is 4.76. The molecule has 19 heavy (non-hydrogen) atoms. The minimum absolute atomic E-state index is 0.0332. The second kappa shape index (κ2) is 6.34. The molecule has 2 saturated heterocycles. The first kappa shape index (κ1) is 14.3. The third-order valence-electron chi connectivity index (χ3n) is 3.73. The van der Waals surface area contributed by atoms with Gasteiger partial charge in [0, 0.05) is 39.1 Å². The van der Waals surface area contributed by atoms with Gasteiger partial charge in [-0.2, -0.15) is 0 Å². The molecule has 2 heterocycles. The van der Waals surface area contributed by atoms with Gasteiger partial charge >= 0.3 is 5.97 Å². The van der Waals surface area contributed by atoms with Crippen molar-refractivity contribution in [3.05, 3.63) is 0 Å². The lowest BCUT2D eigenvalue weighted by atomic mass is 10.1. The van der Waals surface area contributed by atoms with Crippen LogP contribution in [-0.4, -0.2) is 73.1 Å². The van der Waals surface area contributed by atoms with E-state index in [-0.39, 0.29) is 24.0 Å². The molecule has 2 fully saturated rings. The number of carbonyl (C=O) groups excluding carboxylic acids is 2. The summed E-state index contributed by atoms with van der Waals surface area (Å²) >= 11 is 0. The molecule has 0 saturated carbocycles. The molecule has 0 radical (unpaired) electrons. The lowest BCUT2D eigenvalue weighted by Crippen LogP contribution is -2.53. The smallest absolute Gasteiger partial charge is 0.323 e. The zero-order valence-corrected chi connectivity index (χ0v) is 11.7. The average Bonchev–Trinajstić information content (AvgIpc) is 2.70. The molecule has 6 nitrogen and oxygen atoms in total. The van der Waals surface area contributed by atoms with Gasteiger partial charge in [-0.05, 0) is 13.8 Å². The van der Waals surface area contributed by atoms with Crippen molar-refractivity contribution < 1.29 is 14.3 Å². The number of likely N-dealkylation sites (N-methyl/N-ethyl adjacent to an activating group) is 1. The Balaban J connectivity index is 1.76. The number of ether oxygens (including phenoxy) is 1. The normalized spacial score (nSPS) is 29.3. The van der Waals surface area contributed by atoms with Gasteiger partial charge in [0.1, 0.15) is 12.1 Å². The molecule has 0 aromatic heterocycles. The van der Waals surface area contributed by atoms with E-state index >= 15 is 0 Å². The van der Waals surface area contributed by atoms with Crippen LogP contribution < -0.4 is 5.32 Å². The molecule has 108 valence electrons. The summed E-state index contributed by atoms with van der Waals surface area (Å²) in [7, 11) is 0. The maximum absolute atomic E-state index is 11.7. The van der Waals surface area contributed by atoms with Crippen LogP contribution in [-0.2, 0) is 14.3 Å². The molecule has 1 N–H and O–H groups in total. The van der Waals surface area contributed by atoms with Crippen LogP contribution in [0.2, 0.25) is 0 Å². The summed E-state index contributed by atoms with van der Waals surface area (Å²) in [6, 6.07) is -0.0818. The second-order valence-electron chi connectivity index (χ2n) is 5.26. The van der Waals surface area contributed by atoms with Crippen LogP contribution in [0.15, 0.2) is 0 Å². The van der Waals surface area contributed by atoms with Crippen molar-refractivity contribution in [2.45, 2.75) is 32.4 Å². The number of amides is 1. The number of hydrogen-bond donors (Lipinski definition) is 1. The number of cyclic esters (lactones) is 1. The van der Waals surface area contributed by atoms with E-state index in [4.69, 9.17) is 4.74 Å². The van der Waals surface area contributed by atoms with Gasteiger partial charge in [-0.15, -0.1) is 0 Å². The first-order chi connectivity index (χ1) is 9.10. The van der Waals surface area contributed by atoms with Crippen LogP contribution >= 0.6 is 0 Å². The monoisotopic (exact) mass is 269 g/mol. The van der Waals surface area contributed by atoms with E-state index in [1.54, 1.807) is 0 Å². The van der Waals surface area contributed by atoms with Crippen molar-refractivity contribution in [2.24, 2.45) is 0 Å². The molecular formula is C13H23N3O3. The fourth-order valence-electron chi connectivity index (χ4n) is 2.72. The van der Waals surface area contributed by atoms with Gasteiger partial charge in [-0.3, -0.25) is 19.4 Å². The summed E-state index contributed by atoms with van der Waals surface area (Å²) in [5, 5.41) is 2.80. The molecule has 0 bridgehead atoms. The SMILES string of the molecule is CCNC(=O)CN1CCN([C@@H]2C[C@@H](C)OC2=O)CC1. The van der Waals surface area contributed by atoms with E-state index in [1.807, 2.05) is 13.8 Å². The highest BCUT2D eigenvalue weighted by Crippen LogP contribution is 2.20. The molecule has 6 heteroatoms. The standard InChI is InChI=1S/C13H23N3O3/c1-3-14-12(17)9-15-4-6-16(7-5-15)11-8-10(2)19-13(11)18/h10-11H,3-9H2,1-2H3,(H,14,17)/t10-,11-/m1/s1. The van der Waals surface area contributed by atoms with Crippen LogP contribution in [0.1, 0.15) is 20.3 Å². The van der Waals surface area contributed by atoms with Gasteiger partial charge in [0.2, 0.25) is 5.91 Å². The van der Waals surface area contributed by atoms with Crippen molar-refractivity contribution in [1.29, 1.82) is 0 Å². The van der Waals surface area contributed by atoms with Crippen molar-refractivity contribution in [3.8, 4) is 0 Å². The van der Waals surface area contributed by atoms with Crippen molar-refractivity contribution in [1.82, 2.24) is 15.1 Å². The number of rotatable bonds is 4. The van der Waals surface area contributed by atoms with Crippen LogP contribution in [0.5, 0.6) is 0 Å². The molecule has 0 unspecified atom stereocenters. The van der Waals surface area contributed by atoms with Crippen molar-refractivity contribution >= 4 is 11.9 Å². The van der Waals surface area contributed by atoms with Crippen LogP contribution in [0.4, 0.5) is 0 Å². The van der Waals surface area contributed by atoms with Gasteiger partial charge in [0.05, 0.1) is 6.54 Å². The fraction of sp³-hybridized carbons (Fsp3) is 0.846.